The van der Waals surface area contributed by atoms with Crippen LogP contribution in [0, 0.1) is 6.92 Å². The van der Waals surface area contributed by atoms with E-state index in [2.05, 4.69) is 29.3 Å². The predicted molar refractivity (Wildman–Crippen MR) is 83.1 cm³/mol. The summed E-state index contributed by atoms with van der Waals surface area (Å²) in [7, 11) is 3.41. The molecule has 20 heavy (non-hydrogen) atoms. The third kappa shape index (κ3) is 4.23. The lowest BCUT2D eigenvalue weighted by Gasteiger charge is -2.35. The first-order valence-electron chi connectivity index (χ1n) is 6.92. The summed E-state index contributed by atoms with van der Waals surface area (Å²) in [6.07, 6.45) is 0. The molecule has 0 saturated heterocycles. The molecule has 0 aliphatic rings. The van der Waals surface area contributed by atoms with Crippen molar-refractivity contribution < 1.29 is 9.53 Å². The number of hydrogen-bond donors (Lipinski definition) is 1. The Morgan fingerprint density at radius 2 is 2.10 bits per heavy atom. The zero-order chi connectivity index (χ0) is 15.3. The first-order valence-corrected chi connectivity index (χ1v) is 6.92. The summed E-state index contributed by atoms with van der Waals surface area (Å²) >= 11 is 0. The van der Waals surface area contributed by atoms with E-state index < -0.39 is 5.54 Å². The van der Waals surface area contributed by atoms with Crippen LogP contribution in [0.5, 0.6) is 0 Å². The smallest absolute Gasteiger partial charge is 0.327 e. The lowest BCUT2D eigenvalue weighted by atomic mass is 10.00. The van der Waals surface area contributed by atoms with Gasteiger partial charge in [0.25, 0.3) is 0 Å². The molecule has 4 heteroatoms. The van der Waals surface area contributed by atoms with Crippen molar-refractivity contribution >= 4 is 11.7 Å². The first kappa shape index (κ1) is 16.5. The standard InChI is InChI=1S/C16H26N2O2/c1-12(2)17-16(4,15(19)20-6)11-18(5)14-9-7-8-13(3)10-14/h7-10,12,17H,11H2,1-6H3. The van der Waals surface area contributed by atoms with Crippen LogP contribution < -0.4 is 10.2 Å². The van der Waals surface area contributed by atoms with Crippen LogP contribution in [0.2, 0.25) is 0 Å². The number of nitrogens with one attached hydrogen (secondary N) is 1. The van der Waals surface area contributed by atoms with Crippen LogP contribution in [0.1, 0.15) is 26.3 Å². The van der Waals surface area contributed by atoms with Crippen molar-refractivity contribution in [2.75, 3.05) is 25.6 Å². The average molecular weight is 278 g/mol. The maximum atomic E-state index is 12.1. The van der Waals surface area contributed by atoms with Crippen LogP contribution in [0.25, 0.3) is 0 Å². The molecule has 0 heterocycles. The van der Waals surface area contributed by atoms with Crippen molar-refractivity contribution in [2.45, 2.75) is 39.3 Å². The van der Waals surface area contributed by atoms with Crippen molar-refractivity contribution in [2.24, 2.45) is 0 Å². The third-order valence-corrected chi connectivity index (χ3v) is 3.24. The number of anilines is 1. The second-order valence-corrected chi connectivity index (χ2v) is 5.82. The third-order valence-electron chi connectivity index (χ3n) is 3.24. The lowest BCUT2D eigenvalue weighted by Crippen LogP contribution is -2.59. The lowest BCUT2D eigenvalue weighted by molar-refractivity contribution is -0.147. The second-order valence-electron chi connectivity index (χ2n) is 5.82. The Bertz CT molecular complexity index is 460. The van der Waals surface area contributed by atoms with E-state index in [-0.39, 0.29) is 12.0 Å². The van der Waals surface area contributed by atoms with E-state index in [0.717, 1.165) is 5.69 Å². The van der Waals surface area contributed by atoms with Crippen LogP contribution in [0.3, 0.4) is 0 Å². The molecule has 0 bridgehead atoms. The molecule has 0 amide bonds. The Balaban J connectivity index is 2.92. The molecule has 112 valence electrons. The number of methoxy groups -OCH3 is 1. The van der Waals surface area contributed by atoms with Crippen molar-refractivity contribution in [3.05, 3.63) is 29.8 Å². The highest BCUT2D eigenvalue weighted by Gasteiger charge is 2.36. The van der Waals surface area contributed by atoms with Gasteiger partial charge in [0.2, 0.25) is 0 Å². The fraction of sp³-hybridized carbons (Fsp3) is 0.562. The summed E-state index contributed by atoms with van der Waals surface area (Å²) in [5.41, 5.74) is 1.55. The van der Waals surface area contributed by atoms with Crippen molar-refractivity contribution in [1.29, 1.82) is 0 Å². The quantitative estimate of drug-likeness (QED) is 0.811. The number of nitrogens with zero attached hydrogens (tertiary/aromatic N) is 1. The minimum Gasteiger partial charge on any atom is -0.468 e. The number of likely N-dealkylation sites (N-methyl/N-ethyl adjacent to an activating group) is 1. The van der Waals surface area contributed by atoms with E-state index in [1.807, 2.05) is 40.0 Å². The van der Waals surface area contributed by atoms with Gasteiger partial charge in [0.05, 0.1) is 7.11 Å². The Kier molecular flexibility index (Phi) is 5.57. The van der Waals surface area contributed by atoms with Crippen LogP contribution in [-0.4, -0.2) is 38.3 Å². The zero-order valence-corrected chi connectivity index (χ0v) is 13.4. The fourth-order valence-electron chi connectivity index (χ4n) is 2.46. The minimum absolute atomic E-state index is 0.199. The molecule has 4 nitrogen and oxygen atoms in total. The molecule has 1 aromatic carbocycles. The molecule has 1 rings (SSSR count). The van der Waals surface area contributed by atoms with E-state index in [1.165, 1.54) is 12.7 Å². The van der Waals surface area contributed by atoms with Gasteiger partial charge in [0.1, 0.15) is 5.54 Å². The second kappa shape index (κ2) is 6.75. The van der Waals surface area contributed by atoms with Crippen LogP contribution in [0.4, 0.5) is 5.69 Å². The Morgan fingerprint density at radius 1 is 1.45 bits per heavy atom. The summed E-state index contributed by atoms with van der Waals surface area (Å²) in [6, 6.07) is 8.42. The molecule has 1 atom stereocenters. The topological polar surface area (TPSA) is 41.6 Å². The van der Waals surface area contributed by atoms with E-state index in [0.29, 0.717) is 6.54 Å². The Morgan fingerprint density at radius 3 is 2.60 bits per heavy atom. The maximum Gasteiger partial charge on any atom is 0.327 e. The molecule has 0 saturated carbocycles. The highest BCUT2D eigenvalue weighted by atomic mass is 16.5. The molecule has 0 aliphatic carbocycles. The summed E-state index contributed by atoms with van der Waals surface area (Å²) in [4.78, 5) is 14.2. The number of esters is 1. The summed E-state index contributed by atoms with van der Waals surface area (Å²) in [6.45, 7) is 8.53. The van der Waals surface area contributed by atoms with Gasteiger partial charge in [-0.1, -0.05) is 12.1 Å². The fourth-order valence-corrected chi connectivity index (χ4v) is 2.46. The molecule has 1 aromatic rings. The van der Waals surface area contributed by atoms with Gasteiger partial charge < -0.3 is 9.64 Å². The van der Waals surface area contributed by atoms with E-state index in [1.54, 1.807) is 0 Å². The molecule has 0 aromatic heterocycles. The van der Waals surface area contributed by atoms with Crippen molar-refractivity contribution in [1.82, 2.24) is 5.32 Å². The number of rotatable bonds is 6. The number of carbonyl (C=O) groups is 1. The Hall–Kier alpha value is -1.55. The average Bonchev–Trinajstić information content (AvgIpc) is 2.36. The van der Waals surface area contributed by atoms with Gasteiger partial charge in [-0.05, 0) is 45.4 Å². The van der Waals surface area contributed by atoms with E-state index in [4.69, 9.17) is 4.74 Å². The molecule has 0 radical (unpaired) electrons. The number of benzene rings is 1. The van der Waals surface area contributed by atoms with Gasteiger partial charge in [-0.2, -0.15) is 0 Å². The van der Waals surface area contributed by atoms with Crippen LogP contribution in [0.15, 0.2) is 24.3 Å². The molecule has 0 fully saturated rings. The molecule has 1 N–H and O–H groups in total. The molecule has 0 spiro atoms. The Labute approximate surface area is 122 Å². The SMILES string of the molecule is COC(=O)C(C)(CN(C)c1cccc(C)c1)NC(C)C. The van der Waals surface area contributed by atoms with E-state index in [9.17, 15) is 4.79 Å². The molecular formula is C16H26N2O2. The van der Waals surface area contributed by atoms with Crippen molar-refractivity contribution in [3.63, 3.8) is 0 Å². The first-order chi connectivity index (χ1) is 9.28. The van der Waals surface area contributed by atoms with Gasteiger partial charge in [-0.25, -0.2) is 4.79 Å². The van der Waals surface area contributed by atoms with Crippen LogP contribution >= 0.6 is 0 Å². The molecular weight excluding hydrogens is 252 g/mol. The maximum absolute atomic E-state index is 12.1. The normalized spacial score (nSPS) is 13.9. The number of ether oxygens (including phenoxy) is 1. The summed E-state index contributed by atoms with van der Waals surface area (Å²) in [5, 5.41) is 3.31. The van der Waals surface area contributed by atoms with Gasteiger partial charge in [-0.15, -0.1) is 0 Å². The van der Waals surface area contributed by atoms with Crippen molar-refractivity contribution in [3.8, 4) is 0 Å². The largest absolute Gasteiger partial charge is 0.468 e. The molecule has 0 aliphatic heterocycles. The number of carbonyl (C=O) groups excluding carboxylic acids is 1. The van der Waals surface area contributed by atoms with Gasteiger partial charge in [0.15, 0.2) is 0 Å². The highest BCUT2D eigenvalue weighted by Crippen LogP contribution is 2.18. The number of hydrogen-bond acceptors (Lipinski definition) is 4. The predicted octanol–water partition coefficient (Wildman–Crippen LogP) is 2.36. The number of aryl methyl sites for hydroxylation is 1. The molecule has 1 unspecified atom stereocenters. The van der Waals surface area contributed by atoms with Gasteiger partial charge >= 0.3 is 5.97 Å². The minimum atomic E-state index is -0.735. The summed E-state index contributed by atoms with van der Waals surface area (Å²) < 4.78 is 4.95. The van der Waals surface area contributed by atoms with Crippen LogP contribution in [-0.2, 0) is 9.53 Å². The monoisotopic (exact) mass is 278 g/mol. The van der Waals surface area contributed by atoms with Gasteiger partial charge in [-0.3, -0.25) is 5.32 Å². The summed E-state index contributed by atoms with van der Waals surface area (Å²) in [5.74, 6) is -0.245. The highest BCUT2D eigenvalue weighted by molar-refractivity contribution is 5.81. The van der Waals surface area contributed by atoms with E-state index >= 15 is 0 Å². The zero-order valence-electron chi connectivity index (χ0n) is 13.4. The van der Waals surface area contributed by atoms with Gasteiger partial charge in [0, 0.05) is 25.3 Å².